The maximum atomic E-state index is 12.3. The molecular formula is C16H27N3O3. The van der Waals surface area contributed by atoms with E-state index in [4.69, 9.17) is 4.84 Å². The highest BCUT2D eigenvalue weighted by Crippen LogP contribution is 2.26. The van der Waals surface area contributed by atoms with Crippen LogP contribution in [0.3, 0.4) is 0 Å². The fourth-order valence-corrected chi connectivity index (χ4v) is 3.82. The number of rotatable bonds is 4. The highest BCUT2D eigenvalue weighted by Gasteiger charge is 2.35. The molecule has 6 nitrogen and oxygen atoms in total. The highest BCUT2D eigenvalue weighted by atomic mass is 16.7. The molecule has 3 rings (SSSR count). The van der Waals surface area contributed by atoms with E-state index in [1.807, 2.05) is 0 Å². The van der Waals surface area contributed by atoms with E-state index in [9.17, 15) is 9.59 Å². The summed E-state index contributed by atoms with van der Waals surface area (Å²) in [5, 5.41) is 4.33. The lowest BCUT2D eigenvalue weighted by atomic mass is 9.88. The van der Waals surface area contributed by atoms with Gasteiger partial charge in [-0.3, -0.25) is 19.3 Å². The lowest BCUT2D eigenvalue weighted by molar-refractivity contribution is -0.171. The number of nitrogens with zero attached hydrogens (tertiary/aromatic N) is 2. The van der Waals surface area contributed by atoms with Gasteiger partial charge in [-0.05, 0) is 25.2 Å². The number of hydrogen-bond donors (Lipinski definition) is 1. The fourth-order valence-electron chi connectivity index (χ4n) is 3.82. The standard InChI is InChI=1S/C16H27N3O3/c20-15(19-8-4-10-22-19)11-14-16(21)17-7-9-18(14)12-13-5-2-1-3-6-13/h13-14H,1-12H2,(H,17,21). The van der Waals surface area contributed by atoms with Crippen LogP contribution in [-0.4, -0.2) is 60.6 Å². The lowest BCUT2D eigenvalue weighted by Crippen LogP contribution is -2.57. The van der Waals surface area contributed by atoms with Crippen molar-refractivity contribution >= 4 is 11.8 Å². The monoisotopic (exact) mass is 309 g/mol. The molecule has 2 aliphatic heterocycles. The van der Waals surface area contributed by atoms with Gasteiger partial charge in [0.05, 0.1) is 25.6 Å². The number of piperazine rings is 1. The molecule has 1 saturated carbocycles. The molecule has 1 aliphatic carbocycles. The van der Waals surface area contributed by atoms with Gasteiger partial charge in [0.1, 0.15) is 0 Å². The minimum Gasteiger partial charge on any atom is -0.353 e. The van der Waals surface area contributed by atoms with Crippen LogP contribution in [-0.2, 0) is 14.4 Å². The molecule has 1 N–H and O–H groups in total. The molecule has 1 unspecified atom stereocenters. The van der Waals surface area contributed by atoms with Crippen LogP contribution in [0.2, 0.25) is 0 Å². The van der Waals surface area contributed by atoms with E-state index in [-0.39, 0.29) is 24.3 Å². The molecule has 124 valence electrons. The molecule has 0 radical (unpaired) electrons. The summed E-state index contributed by atoms with van der Waals surface area (Å²) in [5.74, 6) is 0.614. The minimum atomic E-state index is -0.327. The van der Waals surface area contributed by atoms with Crippen LogP contribution in [0.15, 0.2) is 0 Å². The van der Waals surface area contributed by atoms with Crippen molar-refractivity contribution in [3.8, 4) is 0 Å². The number of amides is 2. The Labute approximate surface area is 132 Å². The summed E-state index contributed by atoms with van der Waals surface area (Å²) in [5.41, 5.74) is 0. The number of hydroxylamine groups is 2. The predicted octanol–water partition coefficient (Wildman–Crippen LogP) is 0.921. The van der Waals surface area contributed by atoms with Crippen LogP contribution in [0.5, 0.6) is 0 Å². The summed E-state index contributed by atoms with van der Waals surface area (Å²) in [7, 11) is 0. The first-order valence-electron chi connectivity index (χ1n) is 8.69. The molecule has 0 aromatic rings. The Hall–Kier alpha value is -1.14. The number of carbonyl (C=O) groups excluding carboxylic acids is 2. The normalized spacial score (nSPS) is 27.9. The molecule has 0 bridgehead atoms. The third-order valence-electron chi connectivity index (χ3n) is 5.06. The molecule has 22 heavy (non-hydrogen) atoms. The summed E-state index contributed by atoms with van der Waals surface area (Å²) in [4.78, 5) is 32.1. The second kappa shape index (κ2) is 7.42. The van der Waals surface area contributed by atoms with Gasteiger partial charge in [0.25, 0.3) is 0 Å². The van der Waals surface area contributed by atoms with Crippen molar-refractivity contribution in [1.82, 2.24) is 15.3 Å². The molecule has 6 heteroatoms. The number of nitrogens with one attached hydrogen (secondary N) is 1. The molecule has 2 amide bonds. The smallest absolute Gasteiger partial charge is 0.248 e. The average molecular weight is 309 g/mol. The van der Waals surface area contributed by atoms with Crippen LogP contribution in [0, 0.1) is 5.92 Å². The maximum absolute atomic E-state index is 12.3. The SMILES string of the molecule is O=C1NCCN(CC2CCCCC2)C1CC(=O)N1CCCO1. The zero-order valence-electron chi connectivity index (χ0n) is 13.3. The van der Waals surface area contributed by atoms with E-state index in [0.717, 1.165) is 19.5 Å². The second-order valence-corrected chi connectivity index (χ2v) is 6.69. The third kappa shape index (κ3) is 3.79. The zero-order chi connectivity index (χ0) is 15.4. The minimum absolute atomic E-state index is 0.00499. The molecule has 3 fully saturated rings. The zero-order valence-corrected chi connectivity index (χ0v) is 13.3. The van der Waals surface area contributed by atoms with Crippen LogP contribution in [0.1, 0.15) is 44.9 Å². The Morgan fingerprint density at radius 3 is 2.73 bits per heavy atom. The van der Waals surface area contributed by atoms with Crippen molar-refractivity contribution in [3.05, 3.63) is 0 Å². The Balaban J connectivity index is 1.59. The van der Waals surface area contributed by atoms with Gasteiger partial charge in [-0.25, -0.2) is 5.06 Å². The highest BCUT2D eigenvalue weighted by molar-refractivity contribution is 5.88. The summed E-state index contributed by atoms with van der Waals surface area (Å²) in [6.45, 7) is 3.74. The topological polar surface area (TPSA) is 61.9 Å². The van der Waals surface area contributed by atoms with Gasteiger partial charge in [-0.1, -0.05) is 19.3 Å². The first kappa shape index (κ1) is 15.7. The molecule has 0 aromatic carbocycles. The van der Waals surface area contributed by atoms with E-state index in [0.29, 0.717) is 25.6 Å². The summed E-state index contributed by atoms with van der Waals surface area (Å²) >= 11 is 0. The third-order valence-corrected chi connectivity index (χ3v) is 5.06. The summed E-state index contributed by atoms with van der Waals surface area (Å²) < 4.78 is 0. The first-order chi connectivity index (χ1) is 10.7. The first-order valence-corrected chi connectivity index (χ1v) is 8.69. The molecule has 1 atom stereocenters. The summed E-state index contributed by atoms with van der Waals surface area (Å²) in [6.07, 6.45) is 7.58. The van der Waals surface area contributed by atoms with E-state index in [1.54, 1.807) is 0 Å². The van der Waals surface area contributed by atoms with E-state index in [1.165, 1.54) is 37.2 Å². The van der Waals surface area contributed by atoms with Crippen molar-refractivity contribution in [2.75, 3.05) is 32.8 Å². The second-order valence-electron chi connectivity index (χ2n) is 6.69. The van der Waals surface area contributed by atoms with Crippen molar-refractivity contribution in [1.29, 1.82) is 0 Å². The fraction of sp³-hybridized carbons (Fsp3) is 0.875. The number of carbonyl (C=O) groups is 2. The van der Waals surface area contributed by atoms with Crippen molar-refractivity contribution < 1.29 is 14.4 Å². The van der Waals surface area contributed by atoms with Crippen molar-refractivity contribution in [2.45, 2.75) is 51.0 Å². The van der Waals surface area contributed by atoms with E-state index in [2.05, 4.69) is 10.2 Å². The van der Waals surface area contributed by atoms with Crippen LogP contribution < -0.4 is 5.32 Å². The molecule has 0 aromatic heterocycles. The van der Waals surface area contributed by atoms with Crippen molar-refractivity contribution in [2.24, 2.45) is 5.92 Å². The predicted molar refractivity (Wildman–Crippen MR) is 81.8 cm³/mol. The van der Waals surface area contributed by atoms with Crippen LogP contribution in [0.25, 0.3) is 0 Å². The van der Waals surface area contributed by atoms with Gasteiger partial charge in [0.15, 0.2) is 0 Å². The van der Waals surface area contributed by atoms with Crippen molar-refractivity contribution in [3.63, 3.8) is 0 Å². The quantitative estimate of drug-likeness (QED) is 0.839. The Bertz CT molecular complexity index is 403. The van der Waals surface area contributed by atoms with Gasteiger partial charge < -0.3 is 5.32 Å². The van der Waals surface area contributed by atoms with Gasteiger partial charge in [-0.15, -0.1) is 0 Å². The molecule has 2 heterocycles. The van der Waals surface area contributed by atoms with Gasteiger partial charge in [0, 0.05) is 19.6 Å². The Morgan fingerprint density at radius 1 is 1.18 bits per heavy atom. The van der Waals surface area contributed by atoms with Crippen LogP contribution >= 0.6 is 0 Å². The molecule has 3 aliphatic rings. The molecule has 0 spiro atoms. The Kier molecular flexibility index (Phi) is 5.31. The average Bonchev–Trinajstić information content (AvgIpc) is 3.06. The van der Waals surface area contributed by atoms with E-state index < -0.39 is 0 Å². The van der Waals surface area contributed by atoms with Gasteiger partial charge >= 0.3 is 0 Å². The van der Waals surface area contributed by atoms with Gasteiger partial charge in [-0.2, -0.15) is 0 Å². The number of hydrogen-bond acceptors (Lipinski definition) is 4. The largest absolute Gasteiger partial charge is 0.353 e. The molecule has 2 saturated heterocycles. The molecular weight excluding hydrogens is 282 g/mol. The Morgan fingerprint density at radius 2 is 2.00 bits per heavy atom. The summed E-state index contributed by atoms with van der Waals surface area (Å²) in [6, 6.07) is -0.327. The van der Waals surface area contributed by atoms with E-state index >= 15 is 0 Å². The van der Waals surface area contributed by atoms with Gasteiger partial charge in [0.2, 0.25) is 11.8 Å². The van der Waals surface area contributed by atoms with Crippen LogP contribution in [0.4, 0.5) is 0 Å². The maximum Gasteiger partial charge on any atom is 0.248 e. The lowest BCUT2D eigenvalue weighted by Gasteiger charge is -2.38.